The van der Waals surface area contributed by atoms with Crippen molar-refractivity contribution in [3.05, 3.63) is 51.3 Å². The van der Waals surface area contributed by atoms with Crippen molar-refractivity contribution in [1.29, 1.82) is 0 Å². The molecule has 0 unspecified atom stereocenters. The highest BCUT2D eigenvalue weighted by molar-refractivity contribution is 9.10. The molecule has 0 amide bonds. The Labute approximate surface area is 123 Å². The molecule has 0 aliphatic heterocycles. The van der Waals surface area contributed by atoms with Gasteiger partial charge in [0.2, 0.25) is 5.76 Å². The number of nitrogens with one attached hydrogen (secondary N) is 1. The van der Waals surface area contributed by atoms with Gasteiger partial charge in [0.25, 0.3) is 0 Å². The largest absolute Gasteiger partial charge is 0.463 e. The number of methoxy groups -OCH3 is 1. The standard InChI is InChI=1S/C13H11BrClNO3/c1-18-13(17)12-5-3-9(19-12)7-16-8-2-4-10(14)11(15)6-8/h2-6,16H,7H2,1H3. The minimum Gasteiger partial charge on any atom is -0.463 e. The Bertz CT molecular complexity index is 597. The fourth-order valence-corrected chi connectivity index (χ4v) is 1.91. The fourth-order valence-electron chi connectivity index (χ4n) is 1.48. The molecule has 0 spiro atoms. The SMILES string of the molecule is COC(=O)c1ccc(CNc2ccc(Br)c(Cl)c2)o1. The van der Waals surface area contributed by atoms with Gasteiger partial charge in [-0.3, -0.25) is 0 Å². The number of hydrogen-bond acceptors (Lipinski definition) is 4. The summed E-state index contributed by atoms with van der Waals surface area (Å²) in [5.41, 5.74) is 0.865. The van der Waals surface area contributed by atoms with Crippen molar-refractivity contribution in [2.75, 3.05) is 12.4 Å². The molecular weight excluding hydrogens is 334 g/mol. The van der Waals surface area contributed by atoms with Crippen molar-refractivity contribution in [1.82, 2.24) is 0 Å². The van der Waals surface area contributed by atoms with Gasteiger partial charge in [-0.25, -0.2) is 4.79 Å². The topological polar surface area (TPSA) is 51.5 Å². The smallest absolute Gasteiger partial charge is 0.373 e. The molecule has 0 saturated carbocycles. The third kappa shape index (κ3) is 3.52. The van der Waals surface area contributed by atoms with Crippen LogP contribution in [0.5, 0.6) is 0 Å². The van der Waals surface area contributed by atoms with Gasteiger partial charge in [-0.2, -0.15) is 0 Å². The summed E-state index contributed by atoms with van der Waals surface area (Å²) in [5.74, 6) is 0.338. The Morgan fingerprint density at radius 1 is 1.42 bits per heavy atom. The lowest BCUT2D eigenvalue weighted by Crippen LogP contribution is -2.00. The normalized spacial score (nSPS) is 10.3. The Morgan fingerprint density at radius 2 is 2.21 bits per heavy atom. The number of halogens is 2. The van der Waals surface area contributed by atoms with Crippen LogP contribution in [0.3, 0.4) is 0 Å². The first kappa shape index (κ1) is 14.0. The highest BCUT2D eigenvalue weighted by atomic mass is 79.9. The third-order valence-electron chi connectivity index (χ3n) is 2.43. The molecule has 100 valence electrons. The van der Waals surface area contributed by atoms with Crippen LogP contribution in [0, 0.1) is 0 Å². The van der Waals surface area contributed by atoms with Gasteiger partial charge in [-0.1, -0.05) is 11.6 Å². The van der Waals surface area contributed by atoms with E-state index in [0.29, 0.717) is 17.3 Å². The van der Waals surface area contributed by atoms with Gasteiger partial charge in [-0.05, 0) is 46.3 Å². The zero-order valence-corrected chi connectivity index (χ0v) is 12.4. The monoisotopic (exact) mass is 343 g/mol. The molecule has 2 aromatic rings. The number of furan rings is 1. The van der Waals surface area contributed by atoms with Crippen LogP contribution in [-0.4, -0.2) is 13.1 Å². The van der Waals surface area contributed by atoms with Gasteiger partial charge in [0, 0.05) is 10.2 Å². The number of ether oxygens (including phenoxy) is 1. The second kappa shape index (κ2) is 6.12. The second-order valence-corrected chi connectivity index (χ2v) is 5.00. The first-order valence-corrected chi connectivity index (χ1v) is 6.63. The van der Waals surface area contributed by atoms with Crippen molar-refractivity contribution in [2.24, 2.45) is 0 Å². The summed E-state index contributed by atoms with van der Waals surface area (Å²) in [6, 6.07) is 8.85. The number of carbonyl (C=O) groups is 1. The van der Waals surface area contributed by atoms with Crippen molar-refractivity contribution in [2.45, 2.75) is 6.54 Å². The average molecular weight is 345 g/mol. The first-order valence-electron chi connectivity index (χ1n) is 5.46. The molecule has 2 rings (SSSR count). The van der Waals surface area contributed by atoms with Crippen LogP contribution in [0.2, 0.25) is 5.02 Å². The molecule has 1 aromatic carbocycles. The highest BCUT2D eigenvalue weighted by Gasteiger charge is 2.10. The lowest BCUT2D eigenvalue weighted by atomic mass is 10.3. The molecule has 4 nitrogen and oxygen atoms in total. The third-order valence-corrected chi connectivity index (χ3v) is 3.67. The van der Waals surface area contributed by atoms with E-state index in [1.54, 1.807) is 18.2 Å². The Balaban J connectivity index is 2.00. The van der Waals surface area contributed by atoms with Crippen molar-refractivity contribution in [3.8, 4) is 0 Å². The summed E-state index contributed by atoms with van der Waals surface area (Å²) in [7, 11) is 1.31. The van der Waals surface area contributed by atoms with Crippen molar-refractivity contribution in [3.63, 3.8) is 0 Å². The highest BCUT2D eigenvalue weighted by Crippen LogP contribution is 2.25. The van der Waals surface area contributed by atoms with Crippen LogP contribution in [0.4, 0.5) is 5.69 Å². The number of hydrogen-bond donors (Lipinski definition) is 1. The molecule has 6 heteroatoms. The lowest BCUT2D eigenvalue weighted by Gasteiger charge is -2.05. The molecule has 0 saturated heterocycles. The fraction of sp³-hybridized carbons (Fsp3) is 0.154. The van der Waals surface area contributed by atoms with Crippen LogP contribution < -0.4 is 5.32 Å². The molecule has 19 heavy (non-hydrogen) atoms. The van der Waals surface area contributed by atoms with Gasteiger partial charge < -0.3 is 14.5 Å². The molecule has 0 atom stereocenters. The number of benzene rings is 1. The van der Waals surface area contributed by atoms with E-state index in [0.717, 1.165) is 10.2 Å². The Kier molecular flexibility index (Phi) is 4.50. The predicted molar refractivity (Wildman–Crippen MR) is 76.5 cm³/mol. The molecular formula is C13H11BrClNO3. The van der Waals surface area contributed by atoms with E-state index >= 15 is 0 Å². The number of carbonyl (C=O) groups excluding carboxylic acids is 1. The van der Waals surface area contributed by atoms with Crippen molar-refractivity contribution >= 4 is 39.2 Å². The van der Waals surface area contributed by atoms with E-state index in [1.165, 1.54) is 7.11 Å². The Morgan fingerprint density at radius 3 is 2.89 bits per heavy atom. The summed E-state index contributed by atoms with van der Waals surface area (Å²) in [6.45, 7) is 0.453. The van der Waals surface area contributed by atoms with E-state index < -0.39 is 5.97 Å². The minimum absolute atomic E-state index is 0.188. The van der Waals surface area contributed by atoms with Gasteiger partial charge in [-0.15, -0.1) is 0 Å². The predicted octanol–water partition coefficient (Wildman–Crippen LogP) is 4.09. The second-order valence-electron chi connectivity index (χ2n) is 3.74. The van der Waals surface area contributed by atoms with Gasteiger partial charge in [0.1, 0.15) is 5.76 Å². The summed E-state index contributed by atoms with van der Waals surface area (Å²) in [4.78, 5) is 11.2. The van der Waals surface area contributed by atoms with E-state index in [1.807, 2.05) is 12.1 Å². The molecule has 0 aliphatic carbocycles. The molecule has 1 heterocycles. The maximum atomic E-state index is 11.2. The van der Waals surface area contributed by atoms with E-state index in [9.17, 15) is 4.79 Å². The summed E-state index contributed by atoms with van der Waals surface area (Å²) >= 11 is 9.31. The van der Waals surface area contributed by atoms with Gasteiger partial charge in [0.05, 0.1) is 18.7 Å². The van der Waals surface area contributed by atoms with Gasteiger partial charge >= 0.3 is 5.97 Å². The van der Waals surface area contributed by atoms with E-state index in [2.05, 4.69) is 26.0 Å². The van der Waals surface area contributed by atoms with Crippen LogP contribution in [0.15, 0.2) is 39.2 Å². The Hall–Kier alpha value is -1.46. The number of rotatable bonds is 4. The van der Waals surface area contributed by atoms with E-state index in [4.69, 9.17) is 16.0 Å². The maximum Gasteiger partial charge on any atom is 0.373 e. The summed E-state index contributed by atoms with van der Waals surface area (Å²) in [5, 5.41) is 3.77. The van der Waals surface area contributed by atoms with Crippen LogP contribution >= 0.6 is 27.5 Å². The van der Waals surface area contributed by atoms with Crippen LogP contribution in [0.25, 0.3) is 0 Å². The molecule has 0 fully saturated rings. The minimum atomic E-state index is -0.488. The molecule has 0 radical (unpaired) electrons. The van der Waals surface area contributed by atoms with Crippen molar-refractivity contribution < 1.29 is 13.9 Å². The summed E-state index contributed by atoms with van der Waals surface area (Å²) < 4.78 is 10.7. The van der Waals surface area contributed by atoms with Crippen LogP contribution in [0.1, 0.15) is 16.3 Å². The molecule has 1 N–H and O–H groups in total. The van der Waals surface area contributed by atoms with Gasteiger partial charge in [0.15, 0.2) is 0 Å². The molecule has 1 aromatic heterocycles. The quantitative estimate of drug-likeness (QED) is 0.849. The molecule has 0 aliphatic rings. The van der Waals surface area contributed by atoms with Crippen LogP contribution in [-0.2, 0) is 11.3 Å². The zero-order valence-electron chi connectivity index (χ0n) is 10.1. The number of anilines is 1. The van der Waals surface area contributed by atoms with E-state index in [-0.39, 0.29) is 5.76 Å². The average Bonchev–Trinajstić information content (AvgIpc) is 2.88. The lowest BCUT2D eigenvalue weighted by molar-refractivity contribution is 0.0563. The zero-order chi connectivity index (χ0) is 13.8. The first-order chi connectivity index (χ1) is 9.10. The summed E-state index contributed by atoms with van der Waals surface area (Å²) in [6.07, 6.45) is 0. The maximum absolute atomic E-state index is 11.2. The number of esters is 1. The molecule has 0 bridgehead atoms.